The maximum absolute atomic E-state index is 14.6. The highest BCUT2D eigenvalue weighted by Gasteiger charge is 2.45. The van der Waals surface area contributed by atoms with Gasteiger partial charge in [0.15, 0.2) is 25.5 Å². The number of sulfone groups is 6. The van der Waals surface area contributed by atoms with Crippen LogP contribution in [0.2, 0.25) is 0 Å². The quantitative estimate of drug-likeness (QED) is 0.0717. The average Bonchev–Trinajstić information content (AvgIpc) is 3.28. The fraction of sp³-hybridized carbons (Fsp3) is 0.245. The number of carbonyl (C=O) groups is 1. The van der Waals surface area contributed by atoms with E-state index in [1.807, 2.05) is 6.92 Å². The van der Waals surface area contributed by atoms with Crippen molar-refractivity contribution in [2.45, 2.75) is 107 Å². The van der Waals surface area contributed by atoms with Crippen LogP contribution in [0.3, 0.4) is 0 Å². The third kappa shape index (κ3) is 10.2. The fourth-order valence-electron chi connectivity index (χ4n) is 7.16. The Kier molecular flexibility index (Phi) is 13.9. The molecule has 0 aliphatic rings. The largest absolute Gasteiger partial charge is 0.327 e. The molecule has 69 heavy (non-hydrogen) atoms. The van der Waals surface area contributed by atoms with Crippen LogP contribution in [0.25, 0.3) is 0 Å². The zero-order chi connectivity index (χ0) is 51.6. The van der Waals surface area contributed by atoms with E-state index in [0.29, 0.717) is 0 Å². The molecule has 0 bridgehead atoms. The lowest BCUT2D eigenvalue weighted by molar-refractivity contribution is -0.884. The van der Waals surface area contributed by atoms with E-state index < -0.39 is 74.3 Å². The van der Waals surface area contributed by atoms with Gasteiger partial charge in [-0.05, 0) is 157 Å². The van der Waals surface area contributed by atoms with Gasteiger partial charge < -0.3 is 4.48 Å². The van der Waals surface area contributed by atoms with Gasteiger partial charge in [0.2, 0.25) is 39.3 Å². The van der Waals surface area contributed by atoms with E-state index in [1.54, 1.807) is 33.3 Å². The summed E-state index contributed by atoms with van der Waals surface area (Å²) in [7, 11) is -19.9. The molecule has 14 nitrogen and oxygen atoms in total. The Hall–Kier alpha value is -5.35. The maximum Gasteiger partial charge on any atom is 0.206 e. The number of aryl methyl sites for hydroxylation is 1. The number of hydrogen-bond donors (Lipinski definition) is 0. The van der Waals surface area contributed by atoms with Gasteiger partial charge in [0.05, 0.1) is 74.8 Å². The molecule has 6 rings (SSSR count). The number of hydrogen-bond acceptors (Lipinski definition) is 13. The molecule has 0 unspecified atom stereocenters. The number of carbonyl (C=O) groups excluding carboxylic acids is 1. The van der Waals surface area contributed by atoms with E-state index in [1.165, 1.54) is 77.1 Å². The van der Waals surface area contributed by atoms with Crippen LogP contribution in [-0.2, 0) is 65.6 Å². The molecule has 366 valence electrons. The zero-order valence-electron chi connectivity index (χ0n) is 39.2. The molecule has 0 spiro atoms. The van der Waals surface area contributed by atoms with Crippen molar-refractivity contribution in [3.8, 4) is 0 Å². The van der Waals surface area contributed by atoms with Crippen molar-refractivity contribution in [1.29, 1.82) is 0 Å². The number of Topliss-reactive ketones (excluding diaryl/α,β-unsaturated/α-hetero) is 1. The molecule has 0 fully saturated rings. The van der Waals surface area contributed by atoms with Crippen LogP contribution in [0.5, 0.6) is 0 Å². The van der Waals surface area contributed by atoms with Crippen molar-refractivity contribution >= 4 is 64.8 Å². The van der Waals surface area contributed by atoms with Gasteiger partial charge in [-0.3, -0.25) is 4.79 Å². The van der Waals surface area contributed by atoms with Crippen molar-refractivity contribution in [1.82, 2.24) is 0 Å². The fourth-order valence-corrected chi connectivity index (χ4v) is 15.1. The summed E-state index contributed by atoms with van der Waals surface area (Å²) in [4.78, 5) is 12.2. The molecule has 20 heteroatoms. The van der Waals surface area contributed by atoms with Gasteiger partial charge in [-0.2, -0.15) is 0 Å². The highest BCUT2D eigenvalue weighted by molar-refractivity contribution is 7.94. The summed E-state index contributed by atoms with van der Waals surface area (Å²) in [5.74, 6) is -0.890. The number of benzene rings is 6. The van der Waals surface area contributed by atoms with E-state index in [-0.39, 0.29) is 71.1 Å². The van der Waals surface area contributed by atoms with Crippen molar-refractivity contribution < 1.29 is 59.8 Å². The lowest BCUT2D eigenvalue weighted by atomic mass is 10.0. The summed E-state index contributed by atoms with van der Waals surface area (Å²) in [6, 6.07) is 28.0. The lowest BCUT2D eigenvalue weighted by Crippen LogP contribution is -2.42. The molecule has 0 saturated heterocycles. The van der Waals surface area contributed by atoms with Crippen molar-refractivity contribution in [2.24, 2.45) is 0 Å². The number of rotatable bonds is 15. The Balaban J connectivity index is 1.25. The van der Waals surface area contributed by atoms with Crippen molar-refractivity contribution in [3.05, 3.63) is 156 Å². The van der Waals surface area contributed by atoms with E-state index in [4.69, 9.17) is 0 Å². The van der Waals surface area contributed by atoms with E-state index in [0.717, 1.165) is 90.5 Å². The molecule has 0 atom stereocenters. The Labute approximate surface area is 405 Å². The summed E-state index contributed by atoms with van der Waals surface area (Å²) in [5, 5.41) is 0. The Morgan fingerprint density at radius 1 is 0.406 bits per heavy atom. The normalized spacial score (nSPS) is 13.5. The minimum absolute atomic E-state index is 0.00652. The third-order valence-corrected chi connectivity index (χ3v) is 23.5. The molecule has 0 aromatic heterocycles. The summed E-state index contributed by atoms with van der Waals surface area (Å²) >= 11 is 0. The van der Waals surface area contributed by atoms with E-state index in [9.17, 15) is 55.3 Å². The topological polar surface area (TPSA) is 222 Å². The van der Waals surface area contributed by atoms with Crippen LogP contribution in [0.15, 0.2) is 188 Å². The number of nitrogens with zero attached hydrogens (tertiary/aromatic N) is 1. The Morgan fingerprint density at radius 3 is 1.03 bits per heavy atom. The number of ketones is 1. The molecule has 0 heterocycles. The average molecular weight is 1060 g/mol. The van der Waals surface area contributed by atoms with Crippen LogP contribution in [0.4, 0.5) is 0 Å². The van der Waals surface area contributed by atoms with Gasteiger partial charge in [-0.1, -0.05) is 29.8 Å². The summed E-state index contributed by atoms with van der Waals surface area (Å²) in [6.45, 7) is 8.77. The lowest BCUT2D eigenvalue weighted by Gasteiger charge is -2.28. The molecule has 6 aromatic carbocycles. The van der Waals surface area contributed by atoms with Crippen molar-refractivity contribution in [3.63, 3.8) is 0 Å². The second-order valence-electron chi connectivity index (χ2n) is 18.9. The molecule has 0 aliphatic carbocycles. The molecular weight excluding hydrogens is 1000 g/mol. The summed E-state index contributed by atoms with van der Waals surface area (Å²) in [5.41, 5.74) is 0.802. The van der Waals surface area contributed by atoms with Crippen LogP contribution in [0, 0.1) is 6.92 Å². The third-order valence-electron chi connectivity index (χ3n) is 11.4. The molecule has 0 N–H and O–H groups in total. The highest BCUT2D eigenvalue weighted by Crippen LogP contribution is 2.36. The Morgan fingerprint density at radius 2 is 0.696 bits per heavy atom. The maximum atomic E-state index is 14.6. The van der Waals surface area contributed by atoms with Gasteiger partial charge in [0, 0.05) is 11.1 Å². The number of quaternary nitrogens is 1. The van der Waals surface area contributed by atoms with Gasteiger partial charge in [0.25, 0.3) is 0 Å². The van der Waals surface area contributed by atoms with Crippen LogP contribution in [-0.4, -0.2) is 91.4 Å². The van der Waals surface area contributed by atoms with Crippen molar-refractivity contribution in [2.75, 3.05) is 21.1 Å². The first-order valence-electron chi connectivity index (χ1n) is 21.0. The monoisotopic (exact) mass is 1050 g/mol. The smallest absolute Gasteiger partial charge is 0.206 e. The Bertz CT molecular complexity index is 3670. The van der Waals surface area contributed by atoms with Crippen LogP contribution >= 0.6 is 0 Å². The first-order valence-corrected chi connectivity index (χ1v) is 29.9. The van der Waals surface area contributed by atoms with E-state index >= 15 is 0 Å². The molecule has 0 saturated carbocycles. The van der Waals surface area contributed by atoms with Gasteiger partial charge in [0.1, 0.15) is 11.3 Å². The predicted octanol–water partition coefficient (Wildman–Crippen LogP) is 7.54. The van der Waals surface area contributed by atoms with Gasteiger partial charge in [-0.25, -0.2) is 50.5 Å². The van der Waals surface area contributed by atoms with Crippen LogP contribution in [0.1, 0.15) is 56.1 Å². The standard InChI is InChI=1S/C49H52NO13S6/c1-34-10-14-37(15-11-34)64(52,53)39-22-24-43(25-23-39)67(58,59)45-30-31-46(36(32-45)33-50(7,8)9)69(62,63)49(5,6)47(51)35-12-16-38(17-13-35)65(54,55)40-18-20-41(21-19-40)66(56,57)42-26-28-44(29-27-42)68(60,61)48(2,3)4/h10-32H,33H2,1-9H3/q+1. The minimum Gasteiger partial charge on any atom is -0.327 e. The summed E-state index contributed by atoms with van der Waals surface area (Å²) < 4.78 is 160. The molecule has 0 aliphatic heterocycles. The zero-order valence-corrected chi connectivity index (χ0v) is 44.1. The van der Waals surface area contributed by atoms with E-state index in [2.05, 4.69) is 0 Å². The highest BCUT2D eigenvalue weighted by atomic mass is 32.2. The SMILES string of the molecule is Cc1ccc(S(=O)(=O)c2ccc(S(=O)(=O)c3ccc(S(=O)(=O)C(C)(C)C(=O)c4ccc(S(=O)(=O)c5ccc(S(=O)(=O)c6ccc(S(=O)(=O)C(C)(C)C)cc6)cc5)cc4)c(C[N+](C)(C)C)c3)cc2)cc1. The minimum atomic E-state index is -4.61. The molecular formula is C49H52NO13S6+. The second kappa shape index (κ2) is 18.1. The predicted molar refractivity (Wildman–Crippen MR) is 259 cm³/mol. The second-order valence-corrected chi connectivity index (χ2v) is 31.9. The molecule has 0 amide bonds. The first kappa shape index (κ1) is 53.0. The van der Waals surface area contributed by atoms with Crippen LogP contribution < -0.4 is 0 Å². The van der Waals surface area contributed by atoms with Gasteiger partial charge in [-0.15, -0.1) is 0 Å². The van der Waals surface area contributed by atoms with Gasteiger partial charge >= 0.3 is 0 Å². The molecule has 0 radical (unpaired) electrons. The summed E-state index contributed by atoms with van der Waals surface area (Å²) in [6.07, 6.45) is 0. The first-order chi connectivity index (χ1) is 31.6. The molecule has 6 aromatic rings.